The molecule has 0 aromatic heterocycles. The predicted octanol–water partition coefficient (Wildman–Crippen LogP) is 3.27. The molecule has 5 atom stereocenters. The third-order valence-corrected chi connectivity index (χ3v) is 6.97. The first-order valence-electron chi connectivity index (χ1n) is 12.8. The van der Waals surface area contributed by atoms with Gasteiger partial charge in [-0.2, -0.15) is 0 Å². The highest BCUT2D eigenvalue weighted by atomic mass is 16.5. The van der Waals surface area contributed by atoms with Gasteiger partial charge in [0.25, 0.3) is 5.91 Å². The highest BCUT2D eigenvalue weighted by Gasteiger charge is 2.36. The Labute approximate surface area is 205 Å². The number of amides is 2. The van der Waals surface area contributed by atoms with E-state index in [1.54, 1.807) is 0 Å². The molecule has 0 aromatic carbocycles. The van der Waals surface area contributed by atoms with E-state index in [1.165, 1.54) is 13.5 Å². The number of hydrogen-bond acceptors (Lipinski definition) is 6. The molecule has 2 amide bonds. The van der Waals surface area contributed by atoms with Gasteiger partial charge in [-0.3, -0.25) is 9.59 Å². The molecule has 1 aliphatic rings. The van der Waals surface area contributed by atoms with Crippen LogP contribution in [0.5, 0.6) is 0 Å². The normalized spacial score (nSPS) is 19.1. The second kappa shape index (κ2) is 15.1. The lowest BCUT2D eigenvalue weighted by Crippen LogP contribution is -2.57. The Balaban J connectivity index is 2.85. The molecule has 0 heterocycles. The molecule has 1 fully saturated rings. The number of methoxy groups -OCH3 is 1. The van der Waals surface area contributed by atoms with Crippen molar-refractivity contribution in [3.63, 3.8) is 0 Å². The number of carbonyl (C=O) groups excluding carboxylic acids is 4. The van der Waals surface area contributed by atoms with Crippen LogP contribution in [0, 0.1) is 29.6 Å². The molecule has 0 radical (unpaired) electrons. The Kier molecular flexibility index (Phi) is 13.4. The molecule has 0 spiro atoms. The molecular formula is C26H46N2O6. The fourth-order valence-electron chi connectivity index (χ4n) is 4.37. The predicted molar refractivity (Wildman–Crippen MR) is 131 cm³/mol. The van der Waals surface area contributed by atoms with E-state index in [4.69, 9.17) is 9.47 Å². The zero-order chi connectivity index (χ0) is 25.8. The van der Waals surface area contributed by atoms with Crippen LogP contribution in [-0.4, -0.2) is 56.0 Å². The summed E-state index contributed by atoms with van der Waals surface area (Å²) < 4.78 is 10.9. The molecule has 34 heavy (non-hydrogen) atoms. The van der Waals surface area contributed by atoms with Crippen LogP contribution in [0.1, 0.15) is 80.1 Å². The van der Waals surface area contributed by atoms with E-state index in [0.717, 1.165) is 32.0 Å². The van der Waals surface area contributed by atoms with Crippen molar-refractivity contribution in [2.24, 2.45) is 29.6 Å². The van der Waals surface area contributed by atoms with Gasteiger partial charge in [0.2, 0.25) is 5.91 Å². The molecule has 196 valence electrons. The van der Waals surface area contributed by atoms with Gasteiger partial charge in [-0.25, -0.2) is 4.79 Å². The fraction of sp³-hybridized carbons (Fsp3) is 0.846. The topological polar surface area (TPSA) is 111 Å². The van der Waals surface area contributed by atoms with Crippen LogP contribution < -0.4 is 10.6 Å². The third kappa shape index (κ3) is 9.01. The van der Waals surface area contributed by atoms with Crippen molar-refractivity contribution in [1.29, 1.82) is 0 Å². The summed E-state index contributed by atoms with van der Waals surface area (Å²) in [7, 11) is 1.38. The Morgan fingerprint density at radius 3 is 1.94 bits per heavy atom. The van der Waals surface area contributed by atoms with Crippen LogP contribution in [0.3, 0.4) is 0 Å². The van der Waals surface area contributed by atoms with Crippen molar-refractivity contribution in [2.75, 3.05) is 13.7 Å². The van der Waals surface area contributed by atoms with E-state index >= 15 is 0 Å². The van der Waals surface area contributed by atoms with Crippen LogP contribution in [0.15, 0.2) is 0 Å². The summed E-state index contributed by atoms with van der Waals surface area (Å²) in [6, 6.07) is -1.70. The van der Waals surface area contributed by atoms with E-state index in [-0.39, 0.29) is 17.8 Å². The number of rotatable bonds is 14. The van der Waals surface area contributed by atoms with E-state index in [1.807, 2.05) is 41.5 Å². The summed E-state index contributed by atoms with van der Waals surface area (Å²) in [4.78, 5) is 50.5. The van der Waals surface area contributed by atoms with E-state index in [9.17, 15) is 19.2 Å². The standard InChI is InChI=1S/C26H46N2O6/c1-8-18(6)20(14-29)23(33-7)25(31)27-21(16(2)3)24(30)28-22(17(4)5)26(32)34-15-19-12-10-9-11-13-19/h14,16-23H,8-13,15H2,1-7H3,(H,27,31)(H,28,30)/t18-,20-,21-,22-,23+/m0/s1. The van der Waals surface area contributed by atoms with Crippen molar-refractivity contribution in [1.82, 2.24) is 10.6 Å². The molecule has 0 aliphatic heterocycles. The van der Waals surface area contributed by atoms with E-state index in [0.29, 0.717) is 18.9 Å². The van der Waals surface area contributed by atoms with Crippen molar-refractivity contribution in [2.45, 2.75) is 98.3 Å². The Bertz CT molecular complexity index is 660. The maximum Gasteiger partial charge on any atom is 0.328 e. The third-order valence-electron chi connectivity index (χ3n) is 6.97. The Morgan fingerprint density at radius 2 is 1.47 bits per heavy atom. The summed E-state index contributed by atoms with van der Waals surface area (Å²) in [5, 5.41) is 5.53. The zero-order valence-corrected chi connectivity index (χ0v) is 22.1. The molecule has 1 aliphatic carbocycles. The van der Waals surface area contributed by atoms with Crippen molar-refractivity contribution >= 4 is 24.1 Å². The summed E-state index contributed by atoms with van der Waals surface area (Å²) >= 11 is 0. The first kappa shape index (κ1) is 30.1. The minimum Gasteiger partial charge on any atom is -0.464 e. The molecule has 8 heteroatoms. The zero-order valence-electron chi connectivity index (χ0n) is 22.1. The molecule has 8 nitrogen and oxygen atoms in total. The van der Waals surface area contributed by atoms with Crippen LogP contribution >= 0.6 is 0 Å². The molecule has 0 aromatic rings. The number of hydrogen-bond donors (Lipinski definition) is 2. The SMILES string of the molecule is CC[C@H](C)[C@H](C=O)[C@@H](OC)C(=O)N[C@H](C(=O)N[C@H](C(=O)OCC1CCCCC1)C(C)C)C(C)C. The minimum absolute atomic E-state index is 0.0521. The van der Waals surface area contributed by atoms with E-state index in [2.05, 4.69) is 10.6 Å². The van der Waals surface area contributed by atoms with Crippen LogP contribution in [0.25, 0.3) is 0 Å². The summed E-state index contributed by atoms with van der Waals surface area (Å²) in [6.07, 6.45) is 6.13. The van der Waals surface area contributed by atoms with Gasteiger partial charge in [0, 0.05) is 7.11 Å². The lowest BCUT2D eigenvalue weighted by Gasteiger charge is -2.30. The monoisotopic (exact) mass is 482 g/mol. The molecule has 1 saturated carbocycles. The first-order chi connectivity index (χ1) is 16.1. The Hall–Kier alpha value is -1.96. The van der Waals surface area contributed by atoms with Crippen LogP contribution in [0.4, 0.5) is 0 Å². The van der Waals surface area contributed by atoms with Gasteiger partial charge in [-0.05, 0) is 36.5 Å². The van der Waals surface area contributed by atoms with Gasteiger partial charge in [0.15, 0.2) is 0 Å². The molecule has 0 unspecified atom stereocenters. The lowest BCUT2D eigenvalue weighted by atomic mass is 9.87. The lowest BCUT2D eigenvalue weighted by molar-refractivity contribution is -0.151. The number of carbonyl (C=O) groups is 4. The molecule has 0 bridgehead atoms. The van der Waals surface area contributed by atoms with Crippen molar-refractivity contribution < 1.29 is 28.7 Å². The average molecular weight is 483 g/mol. The van der Waals surface area contributed by atoms with Gasteiger partial charge in [0.1, 0.15) is 24.5 Å². The van der Waals surface area contributed by atoms with Crippen LogP contribution in [0.2, 0.25) is 0 Å². The fourth-order valence-corrected chi connectivity index (χ4v) is 4.37. The minimum atomic E-state index is -0.997. The van der Waals surface area contributed by atoms with Gasteiger partial charge in [-0.1, -0.05) is 67.2 Å². The number of ether oxygens (including phenoxy) is 2. The second-order valence-corrected chi connectivity index (χ2v) is 10.3. The number of nitrogens with one attached hydrogen (secondary N) is 2. The molecule has 0 saturated heterocycles. The van der Waals surface area contributed by atoms with Gasteiger partial charge >= 0.3 is 5.97 Å². The number of esters is 1. The van der Waals surface area contributed by atoms with Crippen LogP contribution in [-0.2, 0) is 28.7 Å². The largest absolute Gasteiger partial charge is 0.464 e. The van der Waals surface area contributed by atoms with Gasteiger partial charge in [0.05, 0.1) is 12.5 Å². The molecular weight excluding hydrogens is 436 g/mol. The van der Waals surface area contributed by atoms with Gasteiger partial charge < -0.3 is 24.9 Å². The van der Waals surface area contributed by atoms with Crippen molar-refractivity contribution in [3.05, 3.63) is 0 Å². The van der Waals surface area contributed by atoms with Crippen molar-refractivity contribution in [3.8, 4) is 0 Å². The summed E-state index contributed by atoms with van der Waals surface area (Å²) in [5.41, 5.74) is 0. The Morgan fingerprint density at radius 1 is 0.912 bits per heavy atom. The average Bonchev–Trinajstić information content (AvgIpc) is 2.82. The second-order valence-electron chi connectivity index (χ2n) is 10.3. The quantitative estimate of drug-likeness (QED) is 0.290. The highest BCUT2D eigenvalue weighted by molar-refractivity contribution is 5.92. The highest BCUT2D eigenvalue weighted by Crippen LogP contribution is 2.24. The van der Waals surface area contributed by atoms with E-state index < -0.39 is 41.9 Å². The van der Waals surface area contributed by atoms with Gasteiger partial charge in [-0.15, -0.1) is 0 Å². The smallest absolute Gasteiger partial charge is 0.328 e. The molecule has 1 rings (SSSR count). The number of aldehydes is 1. The summed E-state index contributed by atoms with van der Waals surface area (Å²) in [5.74, 6) is -2.14. The summed E-state index contributed by atoms with van der Waals surface area (Å²) in [6.45, 7) is 11.5. The molecule has 2 N–H and O–H groups in total. The maximum atomic E-state index is 13.1. The first-order valence-corrected chi connectivity index (χ1v) is 12.8. The maximum absolute atomic E-state index is 13.1.